The summed E-state index contributed by atoms with van der Waals surface area (Å²) in [5, 5.41) is 12.2. The predicted octanol–water partition coefficient (Wildman–Crippen LogP) is 3.87. The molecule has 0 spiro atoms. The first-order chi connectivity index (χ1) is 13.0. The smallest absolute Gasteiger partial charge is 0.266 e. The minimum Gasteiger partial charge on any atom is -0.497 e. The Hall–Kier alpha value is -3.70. The Labute approximate surface area is 159 Å². The second-order valence-electron chi connectivity index (χ2n) is 5.77. The summed E-state index contributed by atoms with van der Waals surface area (Å²) in [4.78, 5) is 12.6. The number of ether oxygens (including phenoxy) is 2. The van der Waals surface area contributed by atoms with E-state index in [1.807, 2.05) is 32.0 Å². The highest BCUT2D eigenvalue weighted by atomic mass is 16.5. The maximum absolute atomic E-state index is 12.6. The van der Waals surface area contributed by atoms with Crippen LogP contribution in [0.3, 0.4) is 0 Å². The number of benzene rings is 2. The molecule has 0 atom stereocenters. The van der Waals surface area contributed by atoms with Crippen molar-refractivity contribution in [3.63, 3.8) is 0 Å². The molecule has 0 saturated heterocycles. The van der Waals surface area contributed by atoms with Crippen LogP contribution in [0.5, 0.6) is 11.5 Å². The summed E-state index contributed by atoms with van der Waals surface area (Å²) in [6.45, 7) is 3.93. The largest absolute Gasteiger partial charge is 0.497 e. The highest BCUT2D eigenvalue weighted by Crippen LogP contribution is 2.27. The summed E-state index contributed by atoms with van der Waals surface area (Å²) in [5.41, 5.74) is 3.17. The molecule has 1 amide bonds. The molecule has 0 fully saturated rings. The van der Waals surface area contributed by atoms with Gasteiger partial charge in [0.25, 0.3) is 5.91 Å². The molecule has 27 heavy (non-hydrogen) atoms. The number of aryl methyl sites for hydroxylation is 1. The number of rotatable bonds is 6. The van der Waals surface area contributed by atoms with Gasteiger partial charge in [-0.25, -0.2) is 0 Å². The number of methoxy groups -OCH3 is 1. The SMILES string of the molecule is C#CCOc1cc(OC)ccc1/C=C(\C#N)C(=O)Nc1cccc(C)c1C. The van der Waals surface area contributed by atoms with Gasteiger partial charge in [0, 0.05) is 17.3 Å². The lowest BCUT2D eigenvalue weighted by atomic mass is 10.1. The van der Waals surface area contributed by atoms with E-state index in [1.165, 1.54) is 13.2 Å². The molecular formula is C22H20N2O3. The van der Waals surface area contributed by atoms with Crippen LogP contribution < -0.4 is 14.8 Å². The van der Waals surface area contributed by atoms with Gasteiger partial charge in [0.15, 0.2) is 0 Å². The molecule has 1 N–H and O–H groups in total. The summed E-state index contributed by atoms with van der Waals surface area (Å²) < 4.78 is 10.7. The Morgan fingerprint density at radius 1 is 1.30 bits per heavy atom. The molecule has 0 radical (unpaired) electrons. The number of nitrogens with zero attached hydrogens (tertiary/aromatic N) is 1. The third kappa shape index (κ3) is 4.90. The van der Waals surface area contributed by atoms with Gasteiger partial charge >= 0.3 is 0 Å². The highest BCUT2D eigenvalue weighted by molar-refractivity contribution is 6.10. The van der Waals surface area contributed by atoms with Crippen molar-refractivity contribution in [2.75, 3.05) is 19.0 Å². The number of carbonyl (C=O) groups excluding carboxylic acids is 1. The van der Waals surface area contributed by atoms with E-state index in [-0.39, 0.29) is 12.2 Å². The van der Waals surface area contributed by atoms with Crippen molar-refractivity contribution < 1.29 is 14.3 Å². The number of carbonyl (C=O) groups is 1. The Morgan fingerprint density at radius 3 is 2.74 bits per heavy atom. The summed E-state index contributed by atoms with van der Waals surface area (Å²) in [6.07, 6.45) is 6.71. The van der Waals surface area contributed by atoms with Crippen LogP contribution in [0.4, 0.5) is 5.69 Å². The molecule has 0 aliphatic heterocycles. The first-order valence-corrected chi connectivity index (χ1v) is 8.23. The predicted molar refractivity (Wildman–Crippen MR) is 105 cm³/mol. The Morgan fingerprint density at radius 2 is 2.07 bits per heavy atom. The quantitative estimate of drug-likeness (QED) is 0.482. The lowest BCUT2D eigenvalue weighted by molar-refractivity contribution is -0.112. The van der Waals surface area contributed by atoms with Gasteiger partial charge in [0.05, 0.1) is 7.11 Å². The van der Waals surface area contributed by atoms with Gasteiger partial charge in [-0.15, -0.1) is 6.42 Å². The van der Waals surface area contributed by atoms with Crippen molar-refractivity contribution in [2.45, 2.75) is 13.8 Å². The van der Waals surface area contributed by atoms with Crippen LogP contribution in [0.25, 0.3) is 6.08 Å². The zero-order chi connectivity index (χ0) is 19.8. The van der Waals surface area contributed by atoms with Crippen molar-refractivity contribution in [2.24, 2.45) is 0 Å². The fourth-order valence-corrected chi connectivity index (χ4v) is 2.39. The van der Waals surface area contributed by atoms with Gasteiger partial charge < -0.3 is 14.8 Å². The third-order valence-corrected chi connectivity index (χ3v) is 4.05. The fraction of sp³-hybridized carbons (Fsp3) is 0.182. The van der Waals surface area contributed by atoms with Crippen molar-refractivity contribution in [1.29, 1.82) is 5.26 Å². The minimum absolute atomic E-state index is 0.0494. The van der Waals surface area contributed by atoms with E-state index in [9.17, 15) is 10.1 Å². The molecule has 136 valence electrons. The molecule has 5 nitrogen and oxygen atoms in total. The molecule has 5 heteroatoms. The van der Waals surface area contributed by atoms with Crippen LogP contribution >= 0.6 is 0 Å². The second-order valence-corrected chi connectivity index (χ2v) is 5.77. The molecular weight excluding hydrogens is 340 g/mol. The maximum atomic E-state index is 12.6. The first-order valence-electron chi connectivity index (χ1n) is 8.23. The van der Waals surface area contributed by atoms with Gasteiger partial charge in [-0.1, -0.05) is 18.1 Å². The van der Waals surface area contributed by atoms with E-state index in [0.717, 1.165) is 11.1 Å². The Bertz CT molecular complexity index is 962. The number of nitrogens with one attached hydrogen (secondary N) is 1. The van der Waals surface area contributed by atoms with Crippen LogP contribution in [0.15, 0.2) is 42.0 Å². The van der Waals surface area contributed by atoms with E-state index in [4.69, 9.17) is 15.9 Å². The van der Waals surface area contributed by atoms with Gasteiger partial charge in [-0.05, 0) is 49.2 Å². The summed E-state index contributed by atoms with van der Waals surface area (Å²) in [6, 6.07) is 12.6. The normalized spacial score (nSPS) is 10.5. The van der Waals surface area contributed by atoms with E-state index >= 15 is 0 Å². The standard InChI is InChI=1S/C22H20N2O3/c1-5-11-27-21-13-19(26-4)10-9-17(21)12-18(14-23)22(25)24-20-8-6-7-15(2)16(20)3/h1,6-10,12-13H,11H2,2-4H3,(H,24,25)/b18-12+. The fourth-order valence-electron chi connectivity index (χ4n) is 2.39. The van der Waals surface area contributed by atoms with Gasteiger partial charge in [-0.2, -0.15) is 5.26 Å². The molecule has 0 aliphatic carbocycles. The highest BCUT2D eigenvalue weighted by Gasteiger charge is 2.13. The monoisotopic (exact) mass is 360 g/mol. The third-order valence-electron chi connectivity index (χ3n) is 4.05. The van der Waals surface area contributed by atoms with E-state index < -0.39 is 5.91 Å². The van der Waals surface area contributed by atoms with Crippen LogP contribution in [-0.2, 0) is 4.79 Å². The summed E-state index contributed by atoms with van der Waals surface area (Å²) in [5.74, 6) is 2.90. The number of amides is 1. The number of terminal acetylenes is 1. The number of anilines is 1. The van der Waals surface area contributed by atoms with Gasteiger partial charge in [-0.3, -0.25) is 4.79 Å². The summed E-state index contributed by atoms with van der Waals surface area (Å²) in [7, 11) is 1.54. The van der Waals surface area contributed by atoms with Crippen molar-refractivity contribution in [1.82, 2.24) is 0 Å². The molecule has 0 aliphatic rings. The van der Waals surface area contributed by atoms with Crippen molar-refractivity contribution in [3.8, 4) is 29.9 Å². The lowest BCUT2D eigenvalue weighted by Crippen LogP contribution is -2.14. The zero-order valence-corrected chi connectivity index (χ0v) is 15.5. The zero-order valence-electron chi connectivity index (χ0n) is 15.5. The topological polar surface area (TPSA) is 71.3 Å². The molecule has 2 aromatic carbocycles. The van der Waals surface area contributed by atoms with Crippen molar-refractivity contribution >= 4 is 17.7 Å². The average molecular weight is 360 g/mol. The van der Waals surface area contributed by atoms with Crippen LogP contribution in [0.2, 0.25) is 0 Å². The second kappa shape index (κ2) is 9.12. The van der Waals surface area contributed by atoms with E-state index in [0.29, 0.717) is 22.7 Å². The molecule has 2 aromatic rings. The number of nitriles is 1. The Kier molecular flexibility index (Phi) is 6.63. The number of hydrogen-bond acceptors (Lipinski definition) is 4. The molecule has 2 rings (SSSR count). The van der Waals surface area contributed by atoms with E-state index in [1.54, 1.807) is 24.3 Å². The first kappa shape index (κ1) is 19.6. The lowest BCUT2D eigenvalue weighted by Gasteiger charge is -2.11. The average Bonchev–Trinajstić information content (AvgIpc) is 2.68. The molecule has 0 bridgehead atoms. The molecule has 0 aromatic heterocycles. The van der Waals surface area contributed by atoms with Crippen LogP contribution in [0, 0.1) is 37.5 Å². The van der Waals surface area contributed by atoms with Crippen LogP contribution in [-0.4, -0.2) is 19.6 Å². The Balaban J connectivity index is 2.35. The molecule has 0 saturated carbocycles. The van der Waals surface area contributed by atoms with Gasteiger partial charge in [0.2, 0.25) is 0 Å². The minimum atomic E-state index is -0.495. The van der Waals surface area contributed by atoms with Crippen molar-refractivity contribution in [3.05, 3.63) is 58.7 Å². The maximum Gasteiger partial charge on any atom is 0.266 e. The molecule has 0 unspecified atom stereocenters. The molecule has 0 heterocycles. The van der Waals surface area contributed by atoms with Gasteiger partial charge in [0.1, 0.15) is 29.7 Å². The summed E-state index contributed by atoms with van der Waals surface area (Å²) >= 11 is 0. The van der Waals surface area contributed by atoms with Crippen LogP contribution in [0.1, 0.15) is 16.7 Å². The van der Waals surface area contributed by atoms with E-state index in [2.05, 4.69) is 11.2 Å². The number of hydrogen-bond donors (Lipinski definition) is 1.